The van der Waals surface area contributed by atoms with Crippen LogP contribution in [0.15, 0.2) is 18.2 Å². The molecule has 0 heterocycles. The smallest absolute Gasteiger partial charge is 0.292 e. The van der Waals surface area contributed by atoms with Crippen molar-refractivity contribution < 1.29 is 4.92 Å². The first-order valence-corrected chi connectivity index (χ1v) is 6.02. The molecule has 0 unspecified atom stereocenters. The molecule has 2 N–H and O–H groups in total. The molecule has 0 amide bonds. The summed E-state index contributed by atoms with van der Waals surface area (Å²) >= 11 is 9.20. The van der Waals surface area contributed by atoms with Crippen LogP contribution in [0.4, 0.5) is 11.4 Å². The van der Waals surface area contributed by atoms with Gasteiger partial charge in [-0.2, -0.15) is 0 Å². The number of nitro benzene ring substituents is 1. The fourth-order valence-electron chi connectivity index (χ4n) is 1.15. The largest absolute Gasteiger partial charge is 0.393 e. The zero-order valence-electron chi connectivity index (χ0n) is 8.32. The van der Waals surface area contributed by atoms with E-state index in [9.17, 15) is 10.1 Å². The van der Waals surface area contributed by atoms with Crippen LogP contribution in [0, 0.1) is 10.1 Å². The maximum absolute atomic E-state index is 10.7. The molecule has 0 fully saturated rings. The van der Waals surface area contributed by atoms with Crippen molar-refractivity contribution in [3.05, 3.63) is 38.9 Å². The Morgan fingerprint density at radius 1 is 1.56 bits per heavy atom. The van der Waals surface area contributed by atoms with E-state index in [-0.39, 0.29) is 11.4 Å². The summed E-state index contributed by atoms with van der Waals surface area (Å²) in [6.07, 6.45) is 4.46. The molecule has 0 atom stereocenters. The highest BCUT2D eigenvalue weighted by Crippen LogP contribution is 2.29. The van der Waals surface area contributed by atoms with Gasteiger partial charge < -0.3 is 5.73 Å². The Labute approximate surface area is 106 Å². The second-order valence-corrected chi connectivity index (χ2v) is 4.27. The van der Waals surface area contributed by atoms with E-state index in [0.29, 0.717) is 10.6 Å². The summed E-state index contributed by atoms with van der Waals surface area (Å²) in [5.74, 6) is 0. The molecule has 16 heavy (non-hydrogen) atoms. The van der Waals surface area contributed by atoms with Crippen molar-refractivity contribution in [3.8, 4) is 0 Å². The summed E-state index contributed by atoms with van der Waals surface area (Å²) in [5, 5.41) is 11.9. The standard InChI is InChI=1S/C10H10BrClN2O2/c11-4-2-1-3-7-5-10(14(15)16)9(13)6-8(7)12/h1,3,5-6H,2,4,13H2. The Hall–Kier alpha value is -1.07. The van der Waals surface area contributed by atoms with Gasteiger partial charge in [-0.15, -0.1) is 0 Å². The molecule has 86 valence electrons. The number of benzene rings is 1. The molecule has 0 radical (unpaired) electrons. The minimum Gasteiger partial charge on any atom is -0.393 e. The van der Waals surface area contributed by atoms with Gasteiger partial charge in [-0.1, -0.05) is 39.7 Å². The first-order chi connectivity index (χ1) is 7.56. The maximum atomic E-state index is 10.7. The van der Waals surface area contributed by atoms with Crippen LogP contribution < -0.4 is 5.73 Å². The molecule has 0 spiro atoms. The third-order valence-corrected chi connectivity index (χ3v) is 2.70. The van der Waals surface area contributed by atoms with E-state index in [1.54, 1.807) is 6.08 Å². The van der Waals surface area contributed by atoms with Gasteiger partial charge in [0, 0.05) is 11.4 Å². The fourth-order valence-corrected chi connectivity index (χ4v) is 1.65. The van der Waals surface area contributed by atoms with Crippen LogP contribution in [0.3, 0.4) is 0 Å². The predicted octanol–water partition coefficient (Wildman–Crippen LogP) is 3.63. The zero-order valence-corrected chi connectivity index (χ0v) is 10.7. The van der Waals surface area contributed by atoms with Crippen LogP contribution in [0.1, 0.15) is 12.0 Å². The van der Waals surface area contributed by atoms with Gasteiger partial charge >= 0.3 is 0 Å². The summed E-state index contributed by atoms with van der Waals surface area (Å²) in [4.78, 5) is 10.1. The number of rotatable bonds is 4. The molecular weight excluding hydrogens is 295 g/mol. The summed E-state index contributed by atoms with van der Waals surface area (Å²) in [6, 6.07) is 2.77. The number of hydrogen-bond acceptors (Lipinski definition) is 3. The molecule has 0 aromatic heterocycles. The molecule has 4 nitrogen and oxygen atoms in total. The summed E-state index contributed by atoms with van der Waals surface area (Å²) in [5.41, 5.74) is 6.04. The first-order valence-electron chi connectivity index (χ1n) is 4.52. The number of nitrogens with two attached hydrogens (primary N) is 1. The Kier molecular flexibility index (Phi) is 4.76. The molecule has 0 aliphatic heterocycles. The van der Waals surface area contributed by atoms with Crippen LogP contribution >= 0.6 is 27.5 Å². The highest BCUT2D eigenvalue weighted by atomic mass is 79.9. The third kappa shape index (κ3) is 3.21. The van der Waals surface area contributed by atoms with Gasteiger partial charge in [0.2, 0.25) is 0 Å². The number of alkyl halides is 1. The zero-order chi connectivity index (χ0) is 12.1. The van der Waals surface area contributed by atoms with E-state index >= 15 is 0 Å². The molecule has 1 aromatic rings. The second-order valence-electron chi connectivity index (χ2n) is 3.07. The SMILES string of the molecule is Nc1cc(Cl)c(C=CCCBr)cc1[N+](=O)[O-]. The highest BCUT2D eigenvalue weighted by molar-refractivity contribution is 9.09. The Morgan fingerprint density at radius 2 is 2.25 bits per heavy atom. The van der Waals surface area contributed by atoms with Crippen molar-refractivity contribution in [2.75, 3.05) is 11.1 Å². The van der Waals surface area contributed by atoms with Crippen molar-refractivity contribution >= 4 is 45.0 Å². The molecule has 0 saturated carbocycles. The third-order valence-electron chi connectivity index (χ3n) is 1.92. The molecule has 0 aliphatic carbocycles. The van der Waals surface area contributed by atoms with Crippen LogP contribution in [0.2, 0.25) is 5.02 Å². The van der Waals surface area contributed by atoms with E-state index in [1.165, 1.54) is 12.1 Å². The maximum Gasteiger partial charge on any atom is 0.292 e. The first kappa shape index (κ1) is 13.0. The minimum absolute atomic E-state index is 0.0765. The Morgan fingerprint density at radius 3 is 2.81 bits per heavy atom. The number of anilines is 1. The summed E-state index contributed by atoms with van der Waals surface area (Å²) in [7, 11) is 0. The average molecular weight is 306 g/mol. The molecule has 0 saturated heterocycles. The molecule has 0 aliphatic rings. The molecule has 0 bridgehead atoms. The number of hydrogen-bond donors (Lipinski definition) is 1. The monoisotopic (exact) mass is 304 g/mol. The van der Waals surface area contributed by atoms with E-state index in [1.807, 2.05) is 6.08 Å². The van der Waals surface area contributed by atoms with Gasteiger partial charge in [0.1, 0.15) is 5.69 Å². The van der Waals surface area contributed by atoms with E-state index in [4.69, 9.17) is 17.3 Å². The predicted molar refractivity (Wildman–Crippen MR) is 70.0 cm³/mol. The molecule has 6 heteroatoms. The fraction of sp³-hybridized carbons (Fsp3) is 0.200. The Balaban J connectivity index is 3.09. The van der Waals surface area contributed by atoms with Crippen molar-refractivity contribution in [1.82, 2.24) is 0 Å². The lowest BCUT2D eigenvalue weighted by Gasteiger charge is -2.01. The normalized spacial score (nSPS) is 10.9. The van der Waals surface area contributed by atoms with Crippen LogP contribution in [-0.4, -0.2) is 10.3 Å². The number of halogens is 2. The van der Waals surface area contributed by atoms with E-state index in [0.717, 1.165) is 11.8 Å². The van der Waals surface area contributed by atoms with Gasteiger partial charge in [-0.3, -0.25) is 10.1 Å². The van der Waals surface area contributed by atoms with Gasteiger partial charge in [-0.25, -0.2) is 0 Å². The molecular formula is C10H10BrClN2O2. The lowest BCUT2D eigenvalue weighted by molar-refractivity contribution is -0.383. The minimum atomic E-state index is -0.520. The Bertz CT molecular complexity index is 435. The summed E-state index contributed by atoms with van der Waals surface area (Å²) in [6.45, 7) is 0. The van der Waals surface area contributed by atoms with Crippen LogP contribution in [0.25, 0.3) is 6.08 Å². The van der Waals surface area contributed by atoms with Gasteiger partial charge in [0.15, 0.2) is 0 Å². The molecule has 1 aromatic carbocycles. The van der Waals surface area contributed by atoms with Crippen molar-refractivity contribution in [2.24, 2.45) is 0 Å². The van der Waals surface area contributed by atoms with Crippen molar-refractivity contribution in [2.45, 2.75) is 6.42 Å². The number of nitrogen functional groups attached to an aromatic ring is 1. The lowest BCUT2D eigenvalue weighted by Crippen LogP contribution is -1.96. The van der Waals surface area contributed by atoms with Crippen molar-refractivity contribution in [3.63, 3.8) is 0 Å². The summed E-state index contributed by atoms with van der Waals surface area (Å²) < 4.78 is 0. The van der Waals surface area contributed by atoms with E-state index < -0.39 is 4.92 Å². The average Bonchev–Trinajstić information content (AvgIpc) is 2.21. The second kappa shape index (κ2) is 5.86. The van der Waals surface area contributed by atoms with E-state index in [2.05, 4.69) is 15.9 Å². The van der Waals surface area contributed by atoms with Gasteiger partial charge in [0.05, 0.1) is 9.95 Å². The highest BCUT2D eigenvalue weighted by Gasteiger charge is 2.13. The number of nitro groups is 1. The lowest BCUT2D eigenvalue weighted by atomic mass is 10.1. The number of nitrogens with zero attached hydrogens (tertiary/aromatic N) is 1. The van der Waals surface area contributed by atoms with Crippen LogP contribution in [-0.2, 0) is 0 Å². The molecule has 1 rings (SSSR count). The van der Waals surface area contributed by atoms with Gasteiger partial charge in [-0.05, 0) is 18.1 Å². The van der Waals surface area contributed by atoms with Crippen molar-refractivity contribution in [1.29, 1.82) is 0 Å². The topological polar surface area (TPSA) is 69.2 Å². The quantitative estimate of drug-likeness (QED) is 0.400. The number of allylic oxidation sites excluding steroid dienone is 1. The van der Waals surface area contributed by atoms with Gasteiger partial charge in [0.25, 0.3) is 5.69 Å². The van der Waals surface area contributed by atoms with Crippen LogP contribution in [0.5, 0.6) is 0 Å².